The molecule has 1 aromatic heterocycles. The van der Waals surface area contributed by atoms with Crippen LogP contribution in [0.5, 0.6) is 5.75 Å². The topological polar surface area (TPSA) is 34.1 Å². The molecule has 0 atom stereocenters. The highest BCUT2D eigenvalue weighted by molar-refractivity contribution is 7.22. The summed E-state index contributed by atoms with van der Waals surface area (Å²) in [6, 6.07) is 12.3. The van der Waals surface area contributed by atoms with Crippen molar-refractivity contribution in [3.63, 3.8) is 0 Å². The van der Waals surface area contributed by atoms with Crippen LogP contribution in [-0.2, 0) is 0 Å². The first-order valence-electron chi connectivity index (χ1n) is 6.30. The number of nitrogens with zero attached hydrogens (tertiary/aromatic N) is 1. The van der Waals surface area contributed by atoms with E-state index < -0.39 is 0 Å². The Hall–Kier alpha value is -2.14. The molecule has 3 aromatic rings. The van der Waals surface area contributed by atoms with E-state index in [1.807, 2.05) is 31.2 Å². The summed E-state index contributed by atoms with van der Waals surface area (Å²) in [5, 5.41) is 3.96. The molecule has 0 aliphatic rings. The molecule has 0 amide bonds. The van der Waals surface area contributed by atoms with Crippen LogP contribution in [0.25, 0.3) is 10.2 Å². The Morgan fingerprint density at radius 2 is 2.00 bits per heavy atom. The second-order valence-electron chi connectivity index (χ2n) is 4.21. The van der Waals surface area contributed by atoms with Crippen LogP contribution in [0.3, 0.4) is 0 Å². The number of aromatic nitrogens is 1. The minimum atomic E-state index is -0.242. The number of nitrogens with one attached hydrogen (secondary N) is 1. The van der Waals surface area contributed by atoms with Gasteiger partial charge in [-0.1, -0.05) is 11.3 Å². The third-order valence-corrected chi connectivity index (χ3v) is 3.70. The summed E-state index contributed by atoms with van der Waals surface area (Å²) >= 11 is 1.43. The maximum absolute atomic E-state index is 13.1. The van der Waals surface area contributed by atoms with Crippen LogP contribution in [-0.4, -0.2) is 11.6 Å². The van der Waals surface area contributed by atoms with Gasteiger partial charge in [0, 0.05) is 5.69 Å². The Balaban J connectivity index is 1.81. The molecule has 1 heterocycles. The van der Waals surface area contributed by atoms with Gasteiger partial charge in [-0.25, -0.2) is 9.37 Å². The van der Waals surface area contributed by atoms with Gasteiger partial charge in [0.25, 0.3) is 0 Å². The monoisotopic (exact) mass is 288 g/mol. The van der Waals surface area contributed by atoms with Crippen LogP contribution in [0, 0.1) is 5.82 Å². The largest absolute Gasteiger partial charge is 0.494 e. The zero-order valence-electron chi connectivity index (χ0n) is 10.9. The molecule has 1 N–H and O–H groups in total. The molecule has 2 aromatic carbocycles. The van der Waals surface area contributed by atoms with Gasteiger partial charge < -0.3 is 10.1 Å². The Kier molecular flexibility index (Phi) is 3.52. The van der Waals surface area contributed by atoms with Gasteiger partial charge in [-0.15, -0.1) is 0 Å². The first-order valence-corrected chi connectivity index (χ1v) is 7.12. The number of fused-ring (bicyclic) bond motifs is 1. The third-order valence-electron chi connectivity index (χ3n) is 2.77. The quantitative estimate of drug-likeness (QED) is 0.763. The fraction of sp³-hybridized carbons (Fsp3) is 0.133. The highest BCUT2D eigenvalue weighted by Crippen LogP contribution is 2.29. The van der Waals surface area contributed by atoms with Crippen molar-refractivity contribution in [2.75, 3.05) is 11.9 Å². The second kappa shape index (κ2) is 5.46. The average Bonchev–Trinajstić information content (AvgIpc) is 2.82. The van der Waals surface area contributed by atoms with E-state index in [9.17, 15) is 4.39 Å². The number of hydrogen-bond donors (Lipinski definition) is 1. The molecule has 0 fully saturated rings. The highest BCUT2D eigenvalue weighted by Gasteiger charge is 2.05. The predicted octanol–water partition coefficient (Wildman–Crippen LogP) is 4.58. The fourth-order valence-corrected chi connectivity index (χ4v) is 2.79. The number of rotatable bonds is 4. The Labute approximate surface area is 120 Å². The summed E-state index contributed by atoms with van der Waals surface area (Å²) in [4.78, 5) is 4.42. The lowest BCUT2D eigenvalue weighted by molar-refractivity contribution is 0.340. The van der Waals surface area contributed by atoms with E-state index in [1.54, 1.807) is 6.07 Å². The molecule has 0 aliphatic heterocycles. The highest BCUT2D eigenvalue weighted by atomic mass is 32.1. The van der Waals surface area contributed by atoms with Crippen LogP contribution in [0.4, 0.5) is 15.2 Å². The molecule has 20 heavy (non-hydrogen) atoms. The SMILES string of the molecule is CCOc1ccc(Nc2nc3ccc(F)cc3s2)cc1. The first kappa shape index (κ1) is 12.9. The summed E-state index contributed by atoms with van der Waals surface area (Å²) < 4.78 is 19.4. The molecular weight excluding hydrogens is 275 g/mol. The smallest absolute Gasteiger partial charge is 0.188 e. The second-order valence-corrected chi connectivity index (χ2v) is 5.24. The standard InChI is InChI=1S/C15H13FN2OS/c1-2-19-12-6-4-11(5-7-12)17-15-18-13-8-3-10(16)9-14(13)20-15/h3-9H,2H2,1H3,(H,17,18). The summed E-state index contributed by atoms with van der Waals surface area (Å²) in [7, 11) is 0. The molecule has 0 saturated heterocycles. The Morgan fingerprint density at radius 3 is 2.75 bits per heavy atom. The van der Waals surface area contributed by atoms with Crippen molar-refractivity contribution in [3.05, 3.63) is 48.3 Å². The molecule has 0 bridgehead atoms. The van der Waals surface area contributed by atoms with E-state index in [-0.39, 0.29) is 5.82 Å². The van der Waals surface area contributed by atoms with Crippen molar-refractivity contribution < 1.29 is 9.13 Å². The zero-order chi connectivity index (χ0) is 13.9. The van der Waals surface area contributed by atoms with Crippen molar-refractivity contribution in [2.24, 2.45) is 0 Å². The maximum Gasteiger partial charge on any atom is 0.188 e. The zero-order valence-corrected chi connectivity index (χ0v) is 11.7. The minimum Gasteiger partial charge on any atom is -0.494 e. The average molecular weight is 288 g/mol. The molecule has 3 nitrogen and oxygen atoms in total. The lowest BCUT2D eigenvalue weighted by Gasteiger charge is -2.05. The van der Waals surface area contributed by atoms with Crippen molar-refractivity contribution >= 4 is 32.4 Å². The van der Waals surface area contributed by atoms with Crippen LogP contribution in [0.15, 0.2) is 42.5 Å². The maximum atomic E-state index is 13.1. The molecule has 0 saturated carbocycles. The van der Waals surface area contributed by atoms with Gasteiger partial charge in [-0.3, -0.25) is 0 Å². The van der Waals surface area contributed by atoms with Gasteiger partial charge in [-0.05, 0) is 49.4 Å². The van der Waals surface area contributed by atoms with Crippen molar-refractivity contribution in [2.45, 2.75) is 6.92 Å². The summed E-state index contributed by atoms with van der Waals surface area (Å²) in [6.45, 7) is 2.60. The van der Waals surface area contributed by atoms with Crippen molar-refractivity contribution in [1.82, 2.24) is 4.98 Å². The van der Waals surface area contributed by atoms with Gasteiger partial charge in [0.15, 0.2) is 5.13 Å². The molecule has 0 spiro atoms. The number of halogens is 1. The number of hydrogen-bond acceptors (Lipinski definition) is 4. The summed E-state index contributed by atoms with van der Waals surface area (Å²) in [5.74, 6) is 0.596. The van der Waals surface area contributed by atoms with E-state index in [0.717, 1.165) is 26.8 Å². The lowest BCUT2D eigenvalue weighted by atomic mass is 10.3. The van der Waals surface area contributed by atoms with Crippen LogP contribution in [0.2, 0.25) is 0 Å². The van der Waals surface area contributed by atoms with Crippen LogP contribution in [0.1, 0.15) is 6.92 Å². The molecule has 5 heteroatoms. The predicted molar refractivity (Wildman–Crippen MR) is 80.5 cm³/mol. The van der Waals surface area contributed by atoms with Crippen molar-refractivity contribution in [3.8, 4) is 5.75 Å². The number of anilines is 2. The molecular formula is C15H13FN2OS. The number of thiazole rings is 1. The molecule has 0 radical (unpaired) electrons. The normalized spacial score (nSPS) is 10.7. The number of benzene rings is 2. The molecule has 0 aliphatic carbocycles. The Bertz CT molecular complexity index is 724. The van der Waals surface area contributed by atoms with E-state index >= 15 is 0 Å². The van der Waals surface area contributed by atoms with Crippen LogP contribution < -0.4 is 10.1 Å². The van der Waals surface area contributed by atoms with Gasteiger partial charge in [0.05, 0.1) is 16.8 Å². The van der Waals surface area contributed by atoms with Crippen LogP contribution >= 0.6 is 11.3 Å². The van der Waals surface area contributed by atoms with E-state index in [1.165, 1.54) is 23.5 Å². The van der Waals surface area contributed by atoms with E-state index in [2.05, 4.69) is 10.3 Å². The van der Waals surface area contributed by atoms with Gasteiger partial charge in [0.1, 0.15) is 11.6 Å². The number of ether oxygens (including phenoxy) is 1. The van der Waals surface area contributed by atoms with E-state index in [0.29, 0.717) is 6.61 Å². The van der Waals surface area contributed by atoms with Gasteiger partial charge >= 0.3 is 0 Å². The molecule has 3 rings (SSSR count). The minimum absolute atomic E-state index is 0.242. The summed E-state index contributed by atoms with van der Waals surface area (Å²) in [6.07, 6.45) is 0. The third kappa shape index (κ3) is 2.72. The van der Waals surface area contributed by atoms with Gasteiger partial charge in [0.2, 0.25) is 0 Å². The first-order chi connectivity index (χ1) is 9.74. The molecule has 0 unspecified atom stereocenters. The Morgan fingerprint density at radius 1 is 1.20 bits per heavy atom. The summed E-state index contributed by atoms with van der Waals surface area (Å²) in [5.41, 5.74) is 1.72. The van der Waals surface area contributed by atoms with E-state index in [4.69, 9.17) is 4.74 Å². The molecule has 102 valence electrons. The van der Waals surface area contributed by atoms with Gasteiger partial charge in [-0.2, -0.15) is 0 Å². The van der Waals surface area contributed by atoms with Crippen molar-refractivity contribution in [1.29, 1.82) is 0 Å². The lowest BCUT2D eigenvalue weighted by Crippen LogP contribution is -1.92. The fourth-order valence-electron chi connectivity index (χ4n) is 1.88.